The van der Waals surface area contributed by atoms with Crippen molar-refractivity contribution in [2.45, 2.75) is 26.3 Å². The Morgan fingerprint density at radius 2 is 1.93 bits per heavy atom. The zero-order valence-corrected chi connectivity index (χ0v) is 15.9. The number of hydrogen-bond donors (Lipinski definition) is 2. The Kier molecular flexibility index (Phi) is 6.70. The van der Waals surface area contributed by atoms with Gasteiger partial charge >= 0.3 is 5.97 Å². The lowest BCUT2D eigenvalue weighted by Gasteiger charge is -2.19. The lowest BCUT2D eigenvalue weighted by atomic mass is 10.0. The van der Waals surface area contributed by atoms with Crippen molar-refractivity contribution in [3.05, 3.63) is 47.3 Å². The molecule has 1 aromatic carbocycles. The number of amides is 1. The van der Waals surface area contributed by atoms with Crippen LogP contribution in [0.15, 0.2) is 30.5 Å². The summed E-state index contributed by atoms with van der Waals surface area (Å²) in [5, 5.41) is 12.0. The number of nitrogens with one attached hydrogen (secondary N) is 1. The van der Waals surface area contributed by atoms with Gasteiger partial charge in [0.1, 0.15) is 5.75 Å². The van der Waals surface area contributed by atoms with Crippen LogP contribution in [0.3, 0.4) is 0 Å². The van der Waals surface area contributed by atoms with Crippen molar-refractivity contribution in [3.8, 4) is 5.75 Å². The van der Waals surface area contributed by atoms with Crippen LogP contribution in [0.25, 0.3) is 0 Å². The topological polar surface area (TPSA) is 105 Å². The van der Waals surface area contributed by atoms with Gasteiger partial charge in [-0.25, -0.2) is 9.97 Å². The van der Waals surface area contributed by atoms with E-state index in [0.29, 0.717) is 35.1 Å². The number of nitrogens with zero attached hydrogens (tertiary/aromatic N) is 3. The molecular weight excluding hydrogens is 348 g/mol. The molecule has 1 atom stereocenters. The highest BCUT2D eigenvalue weighted by Crippen LogP contribution is 2.21. The van der Waals surface area contributed by atoms with Crippen LogP contribution >= 0.6 is 0 Å². The summed E-state index contributed by atoms with van der Waals surface area (Å²) in [6, 6.07) is 6.31. The first kappa shape index (κ1) is 20.2. The average molecular weight is 372 g/mol. The lowest BCUT2D eigenvalue weighted by molar-refractivity contribution is -0.137. The van der Waals surface area contributed by atoms with Crippen LogP contribution in [0, 0.1) is 6.92 Å². The quantitative estimate of drug-likeness (QED) is 0.732. The predicted octanol–water partition coefficient (Wildman–Crippen LogP) is 2.20. The molecule has 27 heavy (non-hydrogen) atoms. The largest absolute Gasteiger partial charge is 0.494 e. The van der Waals surface area contributed by atoms with Gasteiger partial charge < -0.3 is 20.1 Å². The Labute approximate surface area is 158 Å². The first-order chi connectivity index (χ1) is 12.8. The van der Waals surface area contributed by atoms with Crippen LogP contribution in [-0.4, -0.2) is 47.7 Å². The standard InChI is InChI=1S/C19H24N4O4/c1-5-27-14-8-6-13(7-9-14)16(10-17(24)25)22-18(26)15-11-20-19(23(3)4)21-12(15)2/h6-9,11,16H,5,10H2,1-4H3,(H,22,26)(H,24,25)/t16-/m0/s1. The molecule has 8 heteroatoms. The molecule has 2 aromatic rings. The van der Waals surface area contributed by atoms with Gasteiger partial charge in [0.05, 0.1) is 30.3 Å². The molecule has 0 spiro atoms. The minimum Gasteiger partial charge on any atom is -0.494 e. The van der Waals surface area contributed by atoms with Gasteiger partial charge in [0.15, 0.2) is 0 Å². The highest BCUT2D eigenvalue weighted by atomic mass is 16.5. The number of carboxylic acids is 1. The van der Waals surface area contributed by atoms with Gasteiger partial charge in [-0.05, 0) is 31.5 Å². The molecule has 0 aliphatic carbocycles. The third kappa shape index (κ3) is 5.40. The summed E-state index contributed by atoms with van der Waals surface area (Å²) in [5.41, 5.74) is 1.51. The maximum atomic E-state index is 12.7. The minimum absolute atomic E-state index is 0.241. The lowest BCUT2D eigenvalue weighted by Crippen LogP contribution is -2.31. The number of aromatic nitrogens is 2. The van der Waals surface area contributed by atoms with Crippen molar-refractivity contribution in [2.75, 3.05) is 25.6 Å². The maximum Gasteiger partial charge on any atom is 0.305 e. The van der Waals surface area contributed by atoms with Gasteiger partial charge in [0, 0.05) is 20.3 Å². The van der Waals surface area contributed by atoms with Crippen LogP contribution < -0.4 is 15.0 Å². The predicted molar refractivity (Wildman–Crippen MR) is 101 cm³/mol. The van der Waals surface area contributed by atoms with Crippen LogP contribution in [0.1, 0.15) is 41.0 Å². The Balaban J connectivity index is 2.22. The molecule has 0 saturated heterocycles. The molecule has 1 heterocycles. The highest BCUT2D eigenvalue weighted by molar-refractivity contribution is 5.95. The van der Waals surface area contributed by atoms with Gasteiger partial charge in [-0.1, -0.05) is 12.1 Å². The fourth-order valence-electron chi connectivity index (χ4n) is 2.52. The van der Waals surface area contributed by atoms with Crippen LogP contribution in [0.5, 0.6) is 5.75 Å². The number of carbonyl (C=O) groups is 2. The van der Waals surface area contributed by atoms with Gasteiger partial charge in [-0.2, -0.15) is 0 Å². The SMILES string of the molecule is CCOc1ccc([C@H](CC(=O)O)NC(=O)c2cnc(N(C)C)nc2C)cc1. The van der Waals surface area contributed by atoms with Crippen molar-refractivity contribution in [3.63, 3.8) is 0 Å². The second-order valence-corrected chi connectivity index (χ2v) is 6.19. The normalized spacial score (nSPS) is 11.6. The monoisotopic (exact) mass is 372 g/mol. The summed E-state index contributed by atoms with van der Waals surface area (Å²) >= 11 is 0. The third-order valence-electron chi connectivity index (χ3n) is 3.89. The molecule has 0 aliphatic rings. The number of hydrogen-bond acceptors (Lipinski definition) is 6. The van der Waals surface area contributed by atoms with E-state index in [4.69, 9.17) is 4.74 Å². The van der Waals surface area contributed by atoms with E-state index in [-0.39, 0.29) is 6.42 Å². The first-order valence-electron chi connectivity index (χ1n) is 8.58. The van der Waals surface area contributed by atoms with E-state index in [9.17, 15) is 14.7 Å². The highest BCUT2D eigenvalue weighted by Gasteiger charge is 2.21. The van der Waals surface area contributed by atoms with E-state index < -0.39 is 17.9 Å². The number of ether oxygens (including phenoxy) is 1. The fourth-order valence-corrected chi connectivity index (χ4v) is 2.52. The summed E-state index contributed by atoms with van der Waals surface area (Å²) in [7, 11) is 3.62. The van der Waals surface area contributed by atoms with E-state index in [1.807, 2.05) is 21.0 Å². The number of aryl methyl sites for hydroxylation is 1. The third-order valence-corrected chi connectivity index (χ3v) is 3.89. The Morgan fingerprint density at radius 3 is 2.44 bits per heavy atom. The number of carboxylic acid groups (broad SMARTS) is 1. The Bertz CT molecular complexity index is 806. The molecule has 0 saturated carbocycles. The van der Waals surface area contributed by atoms with Crippen molar-refractivity contribution in [1.82, 2.24) is 15.3 Å². The summed E-state index contributed by atoms with van der Waals surface area (Å²) in [6.45, 7) is 4.14. The zero-order chi connectivity index (χ0) is 20.0. The van der Waals surface area contributed by atoms with Crippen molar-refractivity contribution >= 4 is 17.8 Å². The Morgan fingerprint density at radius 1 is 1.26 bits per heavy atom. The molecule has 8 nitrogen and oxygen atoms in total. The van der Waals surface area contributed by atoms with E-state index >= 15 is 0 Å². The van der Waals surface area contributed by atoms with Crippen molar-refractivity contribution < 1.29 is 19.4 Å². The van der Waals surface area contributed by atoms with Gasteiger partial charge in [0.2, 0.25) is 5.95 Å². The minimum atomic E-state index is -1.01. The molecule has 1 aromatic heterocycles. The molecule has 144 valence electrons. The smallest absolute Gasteiger partial charge is 0.305 e. The number of carbonyl (C=O) groups excluding carboxylic acids is 1. The molecule has 0 aliphatic heterocycles. The number of benzene rings is 1. The Hall–Kier alpha value is -3.16. The molecule has 1 amide bonds. The zero-order valence-electron chi connectivity index (χ0n) is 15.9. The second-order valence-electron chi connectivity index (χ2n) is 6.19. The molecule has 0 unspecified atom stereocenters. The molecule has 0 fully saturated rings. The molecule has 2 rings (SSSR count). The van der Waals surface area contributed by atoms with E-state index in [1.165, 1.54) is 6.20 Å². The van der Waals surface area contributed by atoms with Gasteiger partial charge in [-0.3, -0.25) is 9.59 Å². The van der Waals surface area contributed by atoms with Crippen LogP contribution in [0.4, 0.5) is 5.95 Å². The van der Waals surface area contributed by atoms with Gasteiger partial charge in [-0.15, -0.1) is 0 Å². The van der Waals surface area contributed by atoms with E-state index in [0.717, 1.165) is 0 Å². The first-order valence-corrected chi connectivity index (χ1v) is 8.58. The van der Waals surface area contributed by atoms with E-state index in [1.54, 1.807) is 36.1 Å². The van der Waals surface area contributed by atoms with Gasteiger partial charge in [0.25, 0.3) is 5.91 Å². The fraction of sp³-hybridized carbons (Fsp3) is 0.368. The number of aliphatic carboxylic acids is 1. The van der Waals surface area contributed by atoms with E-state index in [2.05, 4.69) is 15.3 Å². The van der Waals surface area contributed by atoms with Crippen LogP contribution in [-0.2, 0) is 4.79 Å². The number of rotatable bonds is 8. The summed E-state index contributed by atoms with van der Waals surface area (Å²) in [4.78, 5) is 34.1. The summed E-state index contributed by atoms with van der Waals surface area (Å²) in [5.74, 6) is -0.245. The summed E-state index contributed by atoms with van der Waals surface area (Å²) in [6.07, 6.45) is 1.21. The van der Waals surface area contributed by atoms with Crippen LogP contribution in [0.2, 0.25) is 0 Å². The van der Waals surface area contributed by atoms with Crippen molar-refractivity contribution in [2.24, 2.45) is 0 Å². The second kappa shape index (κ2) is 8.98. The molecule has 0 bridgehead atoms. The van der Waals surface area contributed by atoms with Crippen molar-refractivity contribution in [1.29, 1.82) is 0 Å². The molecule has 2 N–H and O–H groups in total. The molecule has 0 radical (unpaired) electrons. The summed E-state index contributed by atoms with van der Waals surface area (Å²) < 4.78 is 5.39. The number of anilines is 1. The molecular formula is C19H24N4O4. The average Bonchev–Trinajstić information content (AvgIpc) is 2.61. The maximum absolute atomic E-state index is 12.7.